The summed E-state index contributed by atoms with van der Waals surface area (Å²) in [4.78, 5) is 26.1. The fourth-order valence-electron chi connectivity index (χ4n) is 4.05. The Hall–Kier alpha value is -2.50. The summed E-state index contributed by atoms with van der Waals surface area (Å²) in [6.45, 7) is 0. The Morgan fingerprint density at radius 2 is 1.52 bits per heavy atom. The molecule has 1 heterocycles. The number of carbonyl (C=O) groups excluding carboxylic acids is 2. The van der Waals surface area contributed by atoms with Crippen molar-refractivity contribution in [2.75, 3.05) is 11.1 Å². The zero-order valence-corrected chi connectivity index (χ0v) is 17.3. The summed E-state index contributed by atoms with van der Waals surface area (Å²) >= 11 is 2.83. The van der Waals surface area contributed by atoms with Gasteiger partial charge in [0.1, 0.15) is 0 Å². The molecule has 5 heteroatoms. The molecule has 2 aliphatic rings. The van der Waals surface area contributed by atoms with Gasteiger partial charge < -0.3 is 5.32 Å². The highest BCUT2D eigenvalue weighted by molar-refractivity contribution is 8.13. The Kier molecular flexibility index (Phi) is 4.94. The molecule has 3 nitrogen and oxygen atoms in total. The van der Waals surface area contributed by atoms with E-state index in [0.29, 0.717) is 5.75 Å². The molecular weight excluding hydrogens is 398 g/mol. The Morgan fingerprint density at radius 3 is 2.24 bits per heavy atom. The first-order valence-electron chi connectivity index (χ1n) is 9.61. The van der Waals surface area contributed by atoms with Crippen LogP contribution < -0.4 is 5.32 Å². The average Bonchev–Trinajstić information content (AvgIpc) is 3.07. The second kappa shape index (κ2) is 7.73. The number of rotatable bonds is 4. The summed E-state index contributed by atoms with van der Waals surface area (Å²) in [7, 11) is 0. The highest BCUT2D eigenvalue weighted by Crippen LogP contribution is 2.46. The van der Waals surface area contributed by atoms with Gasteiger partial charge in [0.15, 0.2) is 5.12 Å². The van der Waals surface area contributed by atoms with E-state index in [2.05, 4.69) is 53.8 Å². The van der Waals surface area contributed by atoms with Crippen molar-refractivity contribution in [1.29, 1.82) is 0 Å². The number of thioether (sulfide) groups is 2. The number of para-hydroxylation sites is 1. The normalized spacial score (nSPS) is 17.2. The average molecular weight is 418 g/mol. The zero-order chi connectivity index (χ0) is 19.8. The van der Waals surface area contributed by atoms with Crippen LogP contribution >= 0.6 is 23.5 Å². The van der Waals surface area contributed by atoms with E-state index in [1.165, 1.54) is 45.8 Å². The third-order valence-corrected chi connectivity index (χ3v) is 7.70. The molecule has 144 valence electrons. The number of nitrogens with one attached hydrogen (secondary N) is 1. The van der Waals surface area contributed by atoms with Crippen LogP contribution in [0.2, 0.25) is 0 Å². The number of anilines is 1. The highest BCUT2D eigenvalue weighted by Gasteiger charge is 2.31. The van der Waals surface area contributed by atoms with Crippen molar-refractivity contribution in [3.8, 4) is 11.1 Å². The summed E-state index contributed by atoms with van der Waals surface area (Å²) < 4.78 is 0. The standard InChI is InChI=1S/C24H19NO2S2/c26-23(13-22-24(27)25-20-11-5-6-12-21(20)29-22)28-14-19-17-9-3-1-7-15(17)16-8-2-4-10-18(16)19/h1-12,19,22H,13-14H2,(H,25,27). The van der Waals surface area contributed by atoms with Crippen molar-refractivity contribution < 1.29 is 9.59 Å². The van der Waals surface area contributed by atoms with E-state index in [4.69, 9.17) is 0 Å². The van der Waals surface area contributed by atoms with Gasteiger partial charge in [0.25, 0.3) is 0 Å². The third kappa shape index (κ3) is 3.49. The molecule has 0 radical (unpaired) electrons. The molecule has 1 N–H and O–H groups in total. The number of benzene rings is 3. The Labute approximate surface area is 178 Å². The van der Waals surface area contributed by atoms with E-state index in [0.717, 1.165) is 10.6 Å². The molecule has 29 heavy (non-hydrogen) atoms. The molecule has 0 fully saturated rings. The lowest BCUT2D eigenvalue weighted by atomic mass is 9.99. The minimum Gasteiger partial charge on any atom is -0.324 e. The maximum Gasteiger partial charge on any atom is 0.238 e. The lowest BCUT2D eigenvalue weighted by Crippen LogP contribution is -2.30. The molecule has 3 aromatic carbocycles. The number of carbonyl (C=O) groups is 2. The van der Waals surface area contributed by atoms with E-state index >= 15 is 0 Å². The molecule has 0 bridgehead atoms. The summed E-state index contributed by atoms with van der Waals surface area (Å²) in [5.41, 5.74) is 5.93. The second-order valence-corrected chi connectivity index (χ2v) is 9.53. The molecular formula is C24H19NO2S2. The Bertz CT molecular complexity index is 1070. The fraction of sp³-hybridized carbons (Fsp3) is 0.167. The van der Waals surface area contributed by atoms with Crippen LogP contribution in [0.5, 0.6) is 0 Å². The molecule has 1 atom stereocenters. The maximum atomic E-state index is 12.7. The molecule has 1 unspecified atom stereocenters. The summed E-state index contributed by atoms with van der Waals surface area (Å²) in [5.74, 6) is 0.826. The number of fused-ring (bicyclic) bond motifs is 4. The second-order valence-electron chi connectivity index (χ2n) is 7.21. The first kappa shape index (κ1) is 18.5. The van der Waals surface area contributed by atoms with Crippen LogP contribution in [0, 0.1) is 0 Å². The minimum absolute atomic E-state index is 0.0684. The maximum absolute atomic E-state index is 12.7. The lowest BCUT2D eigenvalue weighted by molar-refractivity contribution is -0.118. The molecule has 0 saturated carbocycles. The van der Waals surface area contributed by atoms with Crippen molar-refractivity contribution in [2.45, 2.75) is 22.5 Å². The van der Waals surface area contributed by atoms with Gasteiger partial charge in [-0.2, -0.15) is 0 Å². The number of hydrogen-bond donors (Lipinski definition) is 1. The molecule has 1 aliphatic heterocycles. The predicted molar refractivity (Wildman–Crippen MR) is 121 cm³/mol. The van der Waals surface area contributed by atoms with Gasteiger partial charge in [-0.3, -0.25) is 9.59 Å². The summed E-state index contributed by atoms with van der Waals surface area (Å²) in [5, 5.41) is 2.62. The monoisotopic (exact) mass is 417 g/mol. The van der Waals surface area contributed by atoms with Crippen LogP contribution in [0.3, 0.4) is 0 Å². The van der Waals surface area contributed by atoms with Crippen LogP contribution in [0.1, 0.15) is 23.5 Å². The Morgan fingerprint density at radius 1 is 0.897 bits per heavy atom. The quantitative estimate of drug-likeness (QED) is 0.603. The summed E-state index contributed by atoms with van der Waals surface area (Å²) in [6, 6.07) is 24.6. The van der Waals surface area contributed by atoms with E-state index in [-0.39, 0.29) is 28.6 Å². The Balaban J connectivity index is 1.28. The van der Waals surface area contributed by atoms with Crippen LogP contribution in [0.25, 0.3) is 11.1 Å². The van der Waals surface area contributed by atoms with Crippen LogP contribution in [-0.2, 0) is 9.59 Å². The fourth-order valence-corrected chi connectivity index (χ4v) is 6.27. The molecule has 0 saturated heterocycles. The van der Waals surface area contributed by atoms with Crippen molar-refractivity contribution in [3.05, 3.63) is 83.9 Å². The number of hydrogen-bond acceptors (Lipinski definition) is 4. The molecule has 3 aromatic rings. The van der Waals surface area contributed by atoms with Gasteiger partial charge in [-0.15, -0.1) is 11.8 Å². The smallest absolute Gasteiger partial charge is 0.238 e. The minimum atomic E-state index is -0.368. The van der Waals surface area contributed by atoms with Crippen molar-refractivity contribution in [1.82, 2.24) is 0 Å². The zero-order valence-electron chi connectivity index (χ0n) is 15.6. The molecule has 0 aromatic heterocycles. The third-order valence-electron chi connectivity index (χ3n) is 5.43. The summed E-state index contributed by atoms with van der Waals surface area (Å²) in [6.07, 6.45) is 0.242. The van der Waals surface area contributed by atoms with Crippen molar-refractivity contribution in [2.24, 2.45) is 0 Å². The van der Waals surface area contributed by atoms with Crippen molar-refractivity contribution >= 4 is 40.2 Å². The van der Waals surface area contributed by atoms with Crippen LogP contribution in [-0.4, -0.2) is 22.0 Å². The van der Waals surface area contributed by atoms with Gasteiger partial charge in [0.2, 0.25) is 5.91 Å². The van der Waals surface area contributed by atoms with E-state index in [1.807, 2.05) is 24.3 Å². The van der Waals surface area contributed by atoms with Gasteiger partial charge in [-0.05, 0) is 34.4 Å². The molecule has 5 rings (SSSR count). The van der Waals surface area contributed by atoms with Gasteiger partial charge in [0.05, 0.1) is 10.9 Å². The van der Waals surface area contributed by atoms with E-state index in [1.54, 1.807) is 0 Å². The van der Waals surface area contributed by atoms with Crippen molar-refractivity contribution in [3.63, 3.8) is 0 Å². The highest BCUT2D eigenvalue weighted by atomic mass is 32.2. The molecule has 1 aliphatic carbocycles. The lowest BCUT2D eigenvalue weighted by Gasteiger charge is -2.23. The van der Waals surface area contributed by atoms with Crippen LogP contribution in [0.15, 0.2) is 77.7 Å². The first-order valence-corrected chi connectivity index (χ1v) is 11.5. The molecule has 1 amide bonds. The predicted octanol–water partition coefficient (Wildman–Crippen LogP) is 5.56. The van der Waals surface area contributed by atoms with Gasteiger partial charge >= 0.3 is 0 Å². The van der Waals surface area contributed by atoms with Gasteiger partial charge in [-0.25, -0.2) is 0 Å². The van der Waals surface area contributed by atoms with Gasteiger partial charge in [0, 0.05) is 23.0 Å². The van der Waals surface area contributed by atoms with Crippen LogP contribution in [0.4, 0.5) is 5.69 Å². The van der Waals surface area contributed by atoms with E-state index < -0.39 is 0 Å². The van der Waals surface area contributed by atoms with Gasteiger partial charge in [-0.1, -0.05) is 72.4 Å². The van der Waals surface area contributed by atoms with E-state index in [9.17, 15) is 9.59 Å². The topological polar surface area (TPSA) is 46.2 Å². The SMILES string of the molecule is O=C(CC1Sc2ccccc2NC1=O)SCC1c2ccccc2-c2ccccc21. The largest absolute Gasteiger partial charge is 0.324 e. The molecule has 0 spiro atoms. The first-order chi connectivity index (χ1) is 14.2. The number of amides is 1.